The standard InChI is InChI=1S/Hg.2O.Zn/q;2*-1;+2. The van der Waals surface area contributed by atoms with Crippen LogP contribution in [0.2, 0.25) is 0 Å². The van der Waals surface area contributed by atoms with Crippen molar-refractivity contribution in [1.29, 1.82) is 0 Å². The maximum absolute atomic E-state index is 8.60. The smallest absolute Gasteiger partial charge is 2.00 e. The summed E-state index contributed by atoms with van der Waals surface area (Å²) < 4.78 is 17.2. The van der Waals surface area contributed by atoms with Gasteiger partial charge in [-0.1, -0.05) is 0 Å². The second kappa shape index (κ2) is 8.82. The molecule has 16 valence electrons. The van der Waals surface area contributed by atoms with Gasteiger partial charge in [-0.05, 0) is 0 Å². The predicted octanol–water partition coefficient (Wildman–Crippen LogP) is -2.38. The maximum Gasteiger partial charge on any atom is 2.00 e. The van der Waals surface area contributed by atoms with E-state index < -0.39 is 25.5 Å². The summed E-state index contributed by atoms with van der Waals surface area (Å²) in [6.07, 6.45) is 0. The summed E-state index contributed by atoms with van der Waals surface area (Å²) >= 11 is -2.58. The van der Waals surface area contributed by atoms with Crippen LogP contribution in [-0.4, -0.2) is 0 Å². The van der Waals surface area contributed by atoms with E-state index in [-0.39, 0.29) is 19.5 Å². The molecule has 0 unspecified atom stereocenters. The Morgan fingerprint density at radius 2 is 1.25 bits per heavy atom. The molecule has 0 aliphatic carbocycles. The molecule has 2 nitrogen and oxygen atoms in total. The molecule has 0 N–H and O–H groups in total. The molecular weight excluding hydrogens is 298 g/mol. The summed E-state index contributed by atoms with van der Waals surface area (Å²) in [5.74, 6) is 0. The first-order valence-electron chi connectivity index (χ1n) is 0.577. The zero-order valence-electron chi connectivity index (χ0n) is 2.23. The number of hydrogen-bond donors (Lipinski definition) is 0. The fourth-order valence-electron chi connectivity index (χ4n) is 0. The van der Waals surface area contributed by atoms with E-state index in [1.165, 1.54) is 0 Å². The summed E-state index contributed by atoms with van der Waals surface area (Å²) in [7, 11) is 0. The second-order valence-corrected chi connectivity index (χ2v) is 1.03. The zero-order chi connectivity index (χ0) is 2.71. The van der Waals surface area contributed by atoms with Crippen LogP contribution in [0.1, 0.15) is 0 Å². The van der Waals surface area contributed by atoms with Gasteiger partial charge < -0.3 is 0 Å². The molecule has 0 aromatic rings. The monoisotopic (exact) mass is 298 g/mol. The van der Waals surface area contributed by atoms with Crippen molar-refractivity contribution in [2.75, 3.05) is 0 Å². The Balaban J connectivity index is 0. The molecule has 4 heavy (non-hydrogen) atoms. The minimum Gasteiger partial charge on any atom is 2.00 e. The summed E-state index contributed by atoms with van der Waals surface area (Å²) in [6.45, 7) is 0. The van der Waals surface area contributed by atoms with Gasteiger partial charge in [0.2, 0.25) is 0 Å². The van der Waals surface area contributed by atoms with Crippen LogP contribution in [0, 0.1) is 0 Å². The van der Waals surface area contributed by atoms with E-state index in [0.29, 0.717) is 0 Å². The quantitative estimate of drug-likeness (QED) is 0.469. The van der Waals surface area contributed by atoms with E-state index in [4.69, 9.17) is 6.03 Å². The van der Waals surface area contributed by atoms with E-state index >= 15 is 0 Å². The Morgan fingerprint density at radius 1 is 1.25 bits per heavy atom. The minimum atomic E-state index is -2.58. The topological polar surface area (TPSA) is 46.1 Å². The van der Waals surface area contributed by atoms with Crippen molar-refractivity contribution in [3.8, 4) is 0 Å². The van der Waals surface area contributed by atoms with Crippen LogP contribution < -0.4 is 6.03 Å². The third kappa shape index (κ3) is 9.78. The van der Waals surface area contributed by atoms with Gasteiger partial charge in [-0.25, -0.2) is 0 Å². The average molecular weight is 298 g/mol. The van der Waals surface area contributed by atoms with Crippen molar-refractivity contribution in [1.82, 2.24) is 0 Å². The summed E-state index contributed by atoms with van der Waals surface area (Å²) in [4.78, 5) is 0. The van der Waals surface area contributed by atoms with Crippen molar-refractivity contribution >= 4 is 0 Å². The molecular formula is HgO2Zn. The van der Waals surface area contributed by atoms with Crippen LogP contribution in [-0.2, 0) is 45.0 Å². The van der Waals surface area contributed by atoms with Gasteiger partial charge in [0, 0.05) is 0 Å². The largest absolute Gasteiger partial charge is 2.00 e. The third-order valence-corrected chi connectivity index (χ3v) is 0. The minimum absolute atomic E-state index is 0. The first kappa shape index (κ1) is 9.08. The van der Waals surface area contributed by atoms with E-state index in [9.17, 15) is 0 Å². The maximum atomic E-state index is 8.60. The van der Waals surface area contributed by atoms with E-state index in [2.05, 4.69) is 0 Å². The zero-order valence-corrected chi connectivity index (χ0v) is 10.7. The van der Waals surface area contributed by atoms with Gasteiger partial charge in [0.1, 0.15) is 0 Å². The van der Waals surface area contributed by atoms with Crippen molar-refractivity contribution in [2.24, 2.45) is 0 Å². The number of hydrogen-bond acceptors (Lipinski definition) is 2. The molecule has 0 aliphatic rings. The summed E-state index contributed by atoms with van der Waals surface area (Å²) in [5, 5.41) is 0. The molecule has 0 radical (unpaired) electrons. The fraction of sp³-hybridized carbons (Fsp3) is 0. The predicted molar refractivity (Wildman–Crippen MR) is 0 cm³/mol. The summed E-state index contributed by atoms with van der Waals surface area (Å²) in [6, 6.07) is 0. The fourth-order valence-corrected chi connectivity index (χ4v) is 0. The normalized spacial score (nSPS) is 2.50. The van der Waals surface area contributed by atoms with Crippen LogP contribution in [0.15, 0.2) is 0 Å². The molecule has 0 amide bonds. The SMILES string of the molecule is [O-][Hg][O-].[Zn+2]. The van der Waals surface area contributed by atoms with Gasteiger partial charge in [0.15, 0.2) is 0 Å². The molecule has 0 aromatic carbocycles. The molecule has 0 rings (SSSR count). The molecule has 0 atom stereocenters. The van der Waals surface area contributed by atoms with Crippen LogP contribution in [0.3, 0.4) is 0 Å². The van der Waals surface area contributed by atoms with E-state index in [1.54, 1.807) is 0 Å². The van der Waals surface area contributed by atoms with E-state index in [0.717, 1.165) is 0 Å². The molecule has 0 saturated carbocycles. The van der Waals surface area contributed by atoms with Gasteiger partial charge >= 0.3 is 51.0 Å². The average Bonchev–Trinajstić information content (AvgIpc) is 0.918. The van der Waals surface area contributed by atoms with Crippen LogP contribution >= 0.6 is 0 Å². The van der Waals surface area contributed by atoms with Crippen LogP contribution in [0.5, 0.6) is 0 Å². The molecule has 0 spiro atoms. The Labute approximate surface area is 50.7 Å². The van der Waals surface area contributed by atoms with Crippen LogP contribution in [0.4, 0.5) is 0 Å². The first-order valence-corrected chi connectivity index (χ1v) is 5.07. The van der Waals surface area contributed by atoms with Crippen molar-refractivity contribution in [3.63, 3.8) is 0 Å². The Kier molecular flexibility index (Phi) is 20.0. The molecule has 0 bridgehead atoms. The van der Waals surface area contributed by atoms with Crippen molar-refractivity contribution < 1.29 is 51.0 Å². The summed E-state index contributed by atoms with van der Waals surface area (Å²) in [5.41, 5.74) is 0. The van der Waals surface area contributed by atoms with E-state index in [1.807, 2.05) is 0 Å². The molecule has 4 heteroatoms. The van der Waals surface area contributed by atoms with Crippen LogP contribution in [0.25, 0.3) is 0 Å². The Morgan fingerprint density at radius 3 is 1.25 bits per heavy atom. The molecule has 0 aliphatic heterocycles. The van der Waals surface area contributed by atoms with Gasteiger partial charge in [-0.15, -0.1) is 0 Å². The molecule has 0 aromatic heterocycles. The second-order valence-electron chi connectivity index (χ2n) is 0.118. The van der Waals surface area contributed by atoms with Gasteiger partial charge in [-0.2, -0.15) is 0 Å². The van der Waals surface area contributed by atoms with Gasteiger partial charge in [0.25, 0.3) is 0 Å². The van der Waals surface area contributed by atoms with Crippen molar-refractivity contribution in [3.05, 3.63) is 0 Å². The Bertz CT molecular complexity index is 6.00. The van der Waals surface area contributed by atoms with Crippen molar-refractivity contribution in [2.45, 2.75) is 0 Å². The molecule has 0 heterocycles. The van der Waals surface area contributed by atoms with Gasteiger partial charge in [-0.3, -0.25) is 0 Å². The molecule has 0 saturated heterocycles. The number of rotatable bonds is 0. The van der Waals surface area contributed by atoms with Gasteiger partial charge in [0.05, 0.1) is 0 Å². The molecule has 0 fully saturated rings. The third-order valence-electron chi connectivity index (χ3n) is 0. The first-order chi connectivity index (χ1) is 1.41. The Hall–Kier alpha value is 1.48.